The fourth-order valence-corrected chi connectivity index (χ4v) is 4.01. The van der Waals surface area contributed by atoms with Crippen molar-refractivity contribution >= 4 is 17.1 Å². The number of nitrogens with zero attached hydrogens (tertiary/aromatic N) is 4. The van der Waals surface area contributed by atoms with Crippen molar-refractivity contribution in [2.24, 2.45) is 0 Å². The number of pyridine rings is 1. The lowest BCUT2D eigenvalue weighted by Gasteiger charge is -2.13. The largest absolute Gasteiger partial charge is 0.350 e. The van der Waals surface area contributed by atoms with Gasteiger partial charge in [-0.25, -0.2) is 14.3 Å². The van der Waals surface area contributed by atoms with Gasteiger partial charge >= 0.3 is 5.69 Å². The number of nitrogens with one attached hydrogen (secondary N) is 2. The number of carbonyl (C=O) groups is 1. The lowest BCUT2D eigenvalue weighted by molar-refractivity contribution is -0.121. The van der Waals surface area contributed by atoms with E-state index in [2.05, 4.69) is 15.3 Å². The van der Waals surface area contributed by atoms with Crippen LogP contribution in [0, 0.1) is 13.8 Å². The van der Waals surface area contributed by atoms with Gasteiger partial charge in [-0.3, -0.25) is 19.0 Å². The highest BCUT2D eigenvalue weighted by atomic mass is 16.2. The summed E-state index contributed by atoms with van der Waals surface area (Å²) >= 11 is 0. The molecule has 2 N–H and O–H groups in total. The third kappa shape index (κ3) is 4.34. The predicted octanol–water partition coefficient (Wildman–Crippen LogP) is 1.05. The van der Waals surface area contributed by atoms with E-state index in [1.54, 1.807) is 18.4 Å². The predicted molar refractivity (Wildman–Crippen MR) is 128 cm³/mol. The number of aromatic amines is 1. The SMILES string of the molecule is CCn1cnc2c1c(=O)n(CC(=O)NCc1c(C)cc(C)[nH]c1=O)c(=O)n2Cc1ccccc1. The number of hydrogen-bond acceptors (Lipinski definition) is 5. The van der Waals surface area contributed by atoms with Gasteiger partial charge in [-0.05, 0) is 38.0 Å². The van der Waals surface area contributed by atoms with Gasteiger partial charge in [0.05, 0.1) is 12.9 Å². The van der Waals surface area contributed by atoms with Crippen molar-refractivity contribution in [1.82, 2.24) is 29.0 Å². The average Bonchev–Trinajstić information content (AvgIpc) is 3.24. The van der Waals surface area contributed by atoms with Gasteiger partial charge in [0.15, 0.2) is 11.2 Å². The van der Waals surface area contributed by atoms with E-state index in [1.165, 1.54) is 10.9 Å². The molecule has 0 atom stereocenters. The van der Waals surface area contributed by atoms with Gasteiger partial charge in [-0.15, -0.1) is 0 Å². The fraction of sp³-hybridized carbons (Fsp3) is 0.292. The Kier molecular flexibility index (Phi) is 6.31. The van der Waals surface area contributed by atoms with E-state index < -0.39 is 23.7 Å². The van der Waals surface area contributed by atoms with Crippen LogP contribution in [0.25, 0.3) is 11.2 Å². The summed E-state index contributed by atoms with van der Waals surface area (Å²) < 4.78 is 3.98. The zero-order valence-electron chi connectivity index (χ0n) is 19.3. The van der Waals surface area contributed by atoms with Crippen LogP contribution in [-0.4, -0.2) is 29.6 Å². The van der Waals surface area contributed by atoms with Crippen LogP contribution < -0.4 is 22.1 Å². The molecule has 0 aliphatic carbocycles. The Morgan fingerprint density at radius 2 is 1.82 bits per heavy atom. The molecule has 10 nitrogen and oxygen atoms in total. The van der Waals surface area contributed by atoms with Crippen LogP contribution in [0.1, 0.15) is 29.3 Å². The van der Waals surface area contributed by atoms with Crippen LogP contribution in [0.15, 0.2) is 57.1 Å². The van der Waals surface area contributed by atoms with E-state index in [-0.39, 0.29) is 29.8 Å². The number of imidazole rings is 1. The summed E-state index contributed by atoms with van der Waals surface area (Å²) in [6.07, 6.45) is 1.52. The van der Waals surface area contributed by atoms with Gasteiger partial charge in [-0.2, -0.15) is 0 Å². The maximum Gasteiger partial charge on any atom is 0.333 e. The van der Waals surface area contributed by atoms with Gasteiger partial charge in [0, 0.05) is 24.3 Å². The molecule has 34 heavy (non-hydrogen) atoms. The molecular weight excluding hydrogens is 436 g/mol. The van der Waals surface area contributed by atoms with Crippen LogP contribution in [0.5, 0.6) is 0 Å². The van der Waals surface area contributed by atoms with Crippen molar-refractivity contribution in [2.75, 3.05) is 0 Å². The summed E-state index contributed by atoms with van der Waals surface area (Å²) in [6.45, 7) is 5.64. The Hall–Kier alpha value is -4.21. The highest BCUT2D eigenvalue weighted by Gasteiger charge is 2.20. The molecule has 0 fully saturated rings. The molecular formula is C24H26N6O4. The van der Waals surface area contributed by atoms with Crippen molar-refractivity contribution in [3.8, 4) is 0 Å². The van der Waals surface area contributed by atoms with Crippen molar-refractivity contribution in [3.05, 3.63) is 96.3 Å². The first-order valence-electron chi connectivity index (χ1n) is 11.0. The molecule has 0 unspecified atom stereocenters. The second-order valence-electron chi connectivity index (χ2n) is 8.17. The molecule has 0 aliphatic rings. The number of H-pyrrole nitrogens is 1. The lowest BCUT2D eigenvalue weighted by atomic mass is 10.1. The van der Waals surface area contributed by atoms with E-state index in [1.807, 2.05) is 43.3 Å². The van der Waals surface area contributed by atoms with E-state index in [0.29, 0.717) is 12.1 Å². The van der Waals surface area contributed by atoms with Crippen molar-refractivity contribution in [2.45, 2.75) is 47.0 Å². The van der Waals surface area contributed by atoms with Crippen molar-refractivity contribution in [3.63, 3.8) is 0 Å². The second-order valence-corrected chi connectivity index (χ2v) is 8.17. The number of benzene rings is 1. The Morgan fingerprint density at radius 1 is 1.09 bits per heavy atom. The Bertz CT molecular complexity index is 1540. The first-order chi connectivity index (χ1) is 16.3. The van der Waals surface area contributed by atoms with Gasteiger partial charge in [-0.1, -0.05) is 30.3 Å². The Morgan fingerprint density at radius 3 is 2.50 bits per heavy atom. The molecule has 1 aromatic carbocycles. The van der Waals surface area contributed by atoms with Crippen LogP contribution in [0.3, 0.4) is 0 Å². The molecule has 176 valence electrons. The summed E-state index contributed by atoms with van der Waals surface area (Å²) in [6, 6.07) is 11.2. The summed E-state index contributed by atoms with van der Waals surface area (Å²) in [5.74, 6) is -0.549. The van der Waals surface area contributed by atoms with Crippen LogP contribution >= 0.6 is 0 Å². The molecule has 10 heteroatoms. The molecule has 0 spiro atoms. The molecule has 3 heterocycles. The van der Waals surface area contributed by atoms with Crippen molar-refractivity contribution < 1.29 is 4.79 Å². The fourth-order valence-electron chi connectivity index (χ4n) is 4.01. The van der Waals surface area contributed by atoms with Crippen LogP contribution in [-0.2, 0) is 31.0 Å². The minimum absolute atomic E-state index is 0.0115. The average molecular weight is 463 g/mol. The molecule has 0 bridgehead atoms. The quantitative estimate of drug-likeness (QED) is 0.425. The number of hydrogen-bond donors (Lipinski definition) is 2. The normalized spacial score (nSPS) is 11.1. The highest BCUT2D eigenvalue weighted by Crippen LogP contribution is 2.10. The lowest BCUT2D eigenvalue weighted by Crippen LogP contribution is -2.44. The van der Waals surface area contributed by atoms with Crippen LogP contribution in [0.2, 0.25) is 0 Å². The molecule has 1 amide bonds. The molecule has 0 saturated heterocycles. The second kappa shape index (κ2) is 9.34. The van der Waals surface area contributed by atoms with Gasteiger partial charge < -0.3 is 14.9 Å². The number of aromatic nitrogens is 5. The summed E-state index contributed by atoms with van der Waals surface area (Å²) in [7, 11) is 0. The van der Waals surface area contributed by atoms with E-state index in [0.717, 1.165) is 21.4 Å². The molecule has 4 aromatic rings. The molecule has 0 aliphatic heterocycles. The third-order valence-electron chi connectivity index (χ3n) is 5.77. The minimum Gasteiger partial charge on any atom is -0.350 e. The summed E-state index contributed by atoms with van der Waals surface area (Å²) in [4.78, 5) is 58.5. The third-order valence-corrected chi connectivity index (χ3v) is 5.77. The van der Waals surface area contributed by atoms with Gasteiger partial charge in [0.25, 0.3) is 11.1 Å². The Labute approximate surface area is 194 Å². The summed E-state index contributed by atoms with van der Waals surface area (Å²) in [5.41, 5.74) is 1.81. The highest BCUT2D eigenvalue weighted by molar-refractivity contribution is 5.76. The monoisotopic (exact) mass is 462 g/mol. The van der Waals surface area contributed by atoms with E-state index in [4.69, 9.17) is 0 Å². The molecule has 0 saturated carbocycles. The van der Waals surface area contributed by atoms with E-state index in [9.17, 15) is 19.2 Å². The number of aryl methyl sites for hydroxylation is 3. The standard InChI is InChI=1S/C24H26N6O4/c1-4-28-14-26-21-20(28)23(33)30(24(34)29(21)12-17-8-6-5-7-9-17)13-19(31)25-11-18-15(2)10-16(3)27-22(18)32/h5-10,14H,4,11-13H2,1-3H3,(H,25,31)(H,27,32). The molecule has 0 radical (unpaired) electrons. The van der Waals surface area contributed by atoms with Crippen LogP contribution in [0.4, 0.5) is 0 Å². The van der Waals surface area contributed by atoms with E-state index >= 15 is 0 Å². The minimum atomic E-state index is -0.623. The molecule has 3 aromatic heterocycles. The zero-order chi connectivity index (χ0) is 24.4. The maximum absolute atomic E-state index is 13.3. The van der Waals surface area contributed by atoms with Crippen molar-refractivity contribution in [1.29, 1.82) is 0 Å². The maximum atomic E-state index is 13.3. The van der Waals surface area contributed by atoms with Gasteiger partial charge in [0.2, 0.25) is 5.91 Å². The number of fused-ring (bicyclic) bond motifs is 1. The number of amides is 1. The smallest absolute Gasteiger partial charge is 0.333 e. The van der Waals surface area contributed by atoms with Gasteiger partial charge in [0.1, 0.15) is 6.54 Å². The Balaban J connectivity index is 1.69. The topological polar surface area (TPSA) is 124 Å². The number of carbonyl (C=O) groups excluding carboxylic acids is 1. The summed E-state index contributed by atoms with van der Waals surface area (Å²) in [5, 5.41) is 2.65. The number of rotatable bonds is 7. The first-order valence-corrected chi connectivity index (χ1v) is 11.0. The first kappa shape index (κ1) is 23.0. The zero-order valence-corrected chi connectivity index (χ0v) is 19.3. The molecule has 4 rings (SSSR count).